The van der Waals surface area contributed by atoms with Gasteiger partial charge >= 0.3 is 5.97 Å². The molecule has 4 heteroatoms. The zero-order chi connectivity index (χ0) is 11.4. The van der Waals surface area contributed by atoms with Gasteiger partial charge in [-0.1, -0.05) is 12.1 Å². The Morgan fingerprint density at radius 1 is 1.25 bits per heavy atom. The average Bonchev–Trinajstić information content (AvgIpc) is 2.28. The highest BCUT2D eigenvalue weighted by atomic mass is 16.4. The molecule has 0 bridgehead atoms. The van der Waals surface area contributed by atoms with Gasteiger partial charge in [0.2, 0.25) is 0 Å². The van der Waals surface area contributed by atoms with Crippen molar-refractivity contribution in [1.82, 2.24) is 9.97 Å². The van der Waals surface area contributed by atoms with E-state index in [4.69, 9.17) is 5.11 Å². The van der Waals surface area contributed by atoms with Crippen molar-refractivity contribution >= 4 is 17.0 Å². The van der Waals surface area contributed by atoms with Crippen LogP contribution >= 0.6 is 0 Å². The number of nitrogens with zero attached hydrogens (tertiary/aromatic N) is 2. The Hall–Kier alpha value is -1.97. The summed E-state index contributed by atoms with van der Waals surface area (Å²) in [6, 6.07) is 7.64. The highest BCUT2D eigenvalue weighted by molar-refractivity contribution is 5.73. The van der Waals surface area contributed by atoms with Crippen molar-refractivity contribution in [3.63, 3.8) is 0 Å². The summed E-state index contributed by atoms with van der Waals surface area (Å²) >= 11 is 0. The predicted molar refractivity (Wildman–Crippen MR) is 60.1 cm³/mol. The average molecular weight is 216 g/mol. The summed E-state index contributed by atoms with van der Waals surface area (Å²) in [5.41, 5.74) is 2.57. The molecule has 0 spiro atoms. The van der Waals surface area contributed by atoms with Crippen LogP contribution < -0.4 is 0 Å². The van der Waals surface area contributed by atoms with E-state index in [1.165, 1.54) is 0 Å². The zero-order valence-electron chi connectivity index (χ0n) is 8.76. The first-order valence-corrected chi connectivity index (χ1v) is 5.18. The minimum Gasteiger partial charge on any atom is -0.481 e. The van der Waals surface area contributed by atoms with Crippen molar-refractivity contribution in [3.05, 3.63) is 36.2 Å². The van der Waals surface area contributed by atoms with Crippen molar-refractivity contribution in [1.29, 1.82) is 0 Å². The zero-order valence-corrected chi connectivity index (χ0v) is 8.76. The molecule has 0 amide bonds. The van der Waals surface area contributed by atoms with Gasteiger partial charge in [0.1, 0.15) is 0 Å². The van der Waals surface area contributed by atoms with E-state index >= 15 is 0 Å². The highest BCUT2D eigenvalue weighted by Gasteiger charge is 2.01. The number of carboxylic acid groups (broad SMARTS) is 1. The molecule has 16 heavy (non-hydrogen) atoms. The van der Waals surface area contributed by atoms with E-state index in [2.05, 4.69) is 9.97 Å². The standard InChI is InChI=1S/C12H12N2O2/c15-12(16)7-3-4-9-8-13-10-5-1-2-6-11(10)14-9/h1-2,5-6,8H,3-4,7H2,(H,15,16). The maximum atomic E-state index is 10.4. The summed E-state index contributed by atoms with van der Waals surface area (Å²) in [5, 5.41) is 8.53. The second-order valence-electron chi connectivity index (χ2n) is 3.60. The van der Waals surface area contributed by atoms with Crippen LogP contribution in [0, 0.1) is 0 Å². The van der Waals surface area contributed by atoms with Crippen LogP contribution in [0.25, 0.3) is 11.0 Å². The quantitative estimate of drug-likeness (QED) is 0.849. The van der Waals surface area contributed by atoms with Crippen LogP contribution in [-0.2, 0) is 11.2 Å². The van der Waals surface area contributed by atoms with E-state index in [0.29, 0.717) is 12.8 Å². The van der Waals surface area contributed by atoms with Gasteiger partial charge in [-0.25, -0.2) is 4.98 Å². The highest BCUT2D eigenvalue weighted by Crippen LogP contribution is 2.09. The number of aryl methyl sites for hydroxylation is 1. The van der Waals surface area contributed by atoms with Crippen molar-refractivity contribution in [3.8, 4) is 0 Å². The van der Waals surface area contributed by atoms with Crippen molar-refractivity contribution in [2.75, 3.05) is 0 Å². The molecule has 1 heterocycles. The van der Waals surface area contributed by atoms with Crippen molar-refractivity contribution in [2.24, 2.45) is 0 Å². The fourth-order valence-corrected chi connectivity index (χ4v) is 1.54. The van der Waals surface area contributed by atoms with E-state index in [-0.39, 0.29) is 6.42 Å². The van der Waals surface area contributed by atoms with Crippen LogP contribution in [-0.4, -0.2) is 21.0 Å². The number of rotatable bonds is 4. The van der Waals surface area contributed by atoms with Gasteiger partial charge in [-0.2, -0.15) is 0 Å². The summed E-state index contributed by atoms with van der Waals surface area (Å²) in [5.74, 6) is -0.770. The molecule has 0 aliphatic carbocycles. The largest absolute Gasteiger partial charge is 0.481 e. The fraction of sp³-hybridized carbons (Fsp3) is 0.250. The van der Waals surface area contributed by atoms with Gasteiger partial charge in [0.25, 0.3) is 0 Å². The van der Waals surface area contributed by atoms with E-state index in [1.54, 1.807) is 6.20 Å². The van der Waals surface area contributed by atoms with Crippen LogP contribution in [0.3, 0.4) is 0 Å². The molecular weight excluding hydrogens is 204 g/mol. The number of aromatic nitrogens is 2. The van der Waals surface area contributed by atoms with E-state index in [0.717, 1.165) is 16.7 Å². The summed E-state index contributed by atoms with van der Waals surface area (Å²) in [6.45, 7) is 0. The van der Waals surface area contributed by atoms with Crippen LogP contribution in [0.15, 0.2) is 30.5 Å². The lowest BCUT2D eigenvalue weighted by Gasteiger charge is -2.00. The number of carbonyl (C=O) groups is 1. The maximum Gasteiger partial charge on any atom is 0.303 e. The lowest BCUT2D eigenvalue weighted by atomic mass is 10.2. The second-order valence-corrected chi connectivity index (χ2v) is 3.60. The SMILES string of the molecule is O=C(O)CCCc1cnc2ccccc2n1. The first-order chi connectivity index (χ1) is 7.75. The molecule has 0 aliphatic heterocycles. The summed E-state index contributed by atoms with van der Waals surface area (Å²) in [6.07, 6.45) is 3.14. The van der Waals surface area contributed by atoms with Crippen LogP contribution in [0.5, 0.6) is 0 Å². The van der Waals surface area contributed by atoms with E-state index in [9.17, 15) is 4.79 Å². The number of carboxylic acids is 1. The molecule has 0 atom stereocenters. The molecule has 82 valence electrons. The normalized spacial score (nSPS) is 10.5. The molecule has 0 fully saturated rings. The number of hydrogen-bond donors (Lipinski definition) is 1. The smallest absolute Gasteiger partial charge is 0.303 e. The second kappa shape index (κ2) is 4.70. The number of para-hydroxylation sites is 2. The van der Waals surface area contributed by atoms with E-state index < -0.39 is 5.97 Å². The Morgan fingerprint density at radius 2 is 2.00 bits per heavy atom. The fourth-order valence-electron chi connectivity index (χ4n) is 1.54. The molecule has 0 saturated carbocycles. The molecule has 0 saturated heterocycles. The van der Waals surface area contributed by atoms with Gasteiger partial charge in [0, 0.05) is 12.6 Å². The summed E-state index contributed by atoms with van der Waals surface area (Å²) in [4.78, 5) is 19.1. The predicted octanol–water partition coefficient (Wildman–Crippen LogP) is 2.04. The van der Waals surface area contributed by atoms with Gasteiger partial charge in [0.15, 0.2) is 0 Å². The minimum absolute atomic E-state index is 0.175. The van der Waals surface area contributed by atoms with Gasteiger partial charge in [-0.05, 0) is 25.0 Å². The Morgan fingerprint density at radius 3 is 2.75 bits per heavy atom. The lowest BCUT2D eigenvalue weighted by Crippen LogP contribution is -1.98. The van der Waals surface area contributed by atoms with Gasteiger partial charge in [-0.3, -0.25) is 9.78 Å². The van der Waals surface area contributed by atoms with Crippen molar-refractivity contribution in [2.45, 2.75) is 19.3 Å². The molecule has 1 aromatic heterocycles. The number of hydrogen-bond acceptors (Lipinski definition) is 3. The molecule has 2 aromatic rings. The van der Waals surface area contributed by atoms with Crippen LogP contribution in [0.4, 0.5) is 0 Å². The van der Waals surface area contributed by atoms with Gasteiger partial charge < -0.3 is 5.11 Å². The Bertz CT molecular complexity index is 511. The Balaban J connectivity index is 2.10. The monoisotopic (exact) mass is 216 g/mol. The van der Waals surface area contributed by atoms with Crippen molar-refractivity contribution < 1.29 is 9.90 Å². The summed E-state index contributed by atoms with van der Waals surface area (Å²) < 4.78 is 0. The third-order valence-electron chi connectivity index (χ3n) is 2.32. The molecule has 1 N–H and O–H groups in total. The van der Waals surface area contributed by atoms with Gasteiger partial charge in [0.05, 0.1) is 16.7 Å². The molecule has 0 radical (unpaired) electrons. The third-order valence-corrected chi connectivity index (χ3v) is 2.32. The van der Waals surface area contributed by atoms with Gasteiger partial charge in [-0.15, -0.1) is 0 Å². The molecule has 2 rings (SSSR count). The van der Waals surface area contributed by atoms with Crippen LogP contribution in [0.2, 0.25) is 0 Å². The number of benzene rings is 1. The maximum absolute atomic E-state index is 10.4. The molecule has 0 unspecified atom stereocenters. The summed E-state index contributed by atoms with van der Waals surface area (Å²) in [7, 11) is 0. The first-order valence-electron chi connectivity index (χ1n) is 5.18. The van der Waals surface area contributed by atoms with Crippen LogP contribution in [0.1, 0.15) is 18.5 Å². The topological polar surface area (TPSA) is 63.1 Å². The third kappa shape index (κ3) is 2.53. The molecule has 1 aromatic carbocycles. The lowest BCUT2D eigenvalue weighted by molar-refractivity contribution is -0.137. The Kier molecular flexibility index (Phi) is 3.10. The Labute approximate surface area is 93.0 Å². The molecular formula is C12H12N2O2. The number of aliphatic carboxylic acids is 1. The number of fused-ring (bicyclic) bond motifs is 1. The van der Waals surface area contributed by atoms with E-state index in [1.807, 2.05) is 24.3 Å². The molecule has 0 aliphatic rings. The molecule has 4 nitrogen and oxygen atoms in total. The minimum atomic E-state index is -0.770. The first kappa shape index (κ1) is 10.5.